The van der Waals surface area contributed by atoms with Gasteiger partial charge in [0.25, 0.3) is 0 Å². The number of sulfonamides is 1. The maximum atomic E-state index is 13.5. The molecule has 0 amide bonds. The van der Waals surface area contributed by atoms with E-state index in [-0.39, 0.29) is 12.4 Å². The smallest absolute Gasteiger partial charge is 0.217 e. The third kappa shape index (κ3) is 7.11. The van der Waals surface area contributed by atoms with E-state index >= 15 is 0 Å². The van der Waals surface area contributed by atoms with Gasteiger partial charge < -0.3 is 14.8 Å². The highest BCUT2D eigenvalue weighted by atomic mass is 79.9. The van der Waals surface area contributed by atoms with E-state index in [4.69, 9.17) is 14.5 Å². The second-order valence-corrected chi connectivity index (χ2v) is 14.7. The van der Waals surface area contributed by atoms with Gasteiger partial charge in [0, 0.05) is 34.6 Å². The zero-order valence-corrected chi connectivity index (χ0v) is 28.6. The molecule has 0 bridgehead atoms. The van der Waals surface area contributed by atoms with Gasteiger partial charge in [-0.1, -0.05) is 19.1 Å². The van der Waals surface area contributed by atoms with Gasteiger partial charge >= 0.3 is 0 Å². The number of hydrogen-bond acceptors (Lipinski definition) is 9. The highest BCUT2D eigenvalue weighted by molar-refractivity contribution is 9.10. The van der Waals surface area contributed by atoms with Crippen molar-refractivity contribution in [2.24, 2.45) is 0 Å². The standard InChI is InChI=1S/C32H33BrFN5O4S2/c1-6-39(45(40,41)19(2)3)20(4)32-38-28(17-44-32)24-14-25-27(15-30(24)42-5)35-18-36-31(25)37-23-10-11-29(26(33)13-23)43-16-21-8-7-9-22(34)12-21/h7-15,17-20H,6,16H2,1-5H3,(H,35,36,37). The number of nitrogens with one attached hydrogen (secondary N) is 1. The Bertz CT molecular complexity index is 1940. The Morgan fingerprint density at radius 2 is 1.87 bits per heavy atom. The maximum absolute atomic E-state index is 13.5. The van der Waals surface area contributed by atoms with E-state index in [0.29, 0.717) is 44.6 Å². The molecule has 3 aromatic carbocycles. The van der Waals surface area contributed by atoms with E-state index in [1.165, 1.54) is 34.1 Å². The highest BCUT2D eigenvalue weighted by Gasteiger charge is 2.31. The minimum Gasteiger partial charge on any atom is -0.496 e. The number of hydrogen-bond donors (Lipinski definition) is 1. The number of nitrogens with zero attached hydrogens (tertiary/aromatic N) is 4. The minimum absolute atomic E-state index is 0.228. The molecule has 5 aromatic rings. The van der Waals surface area contributed by atoms with E-state index in [1.807, 2.05) is 49.6 Å². The van der Waals surface area contributed by atoms with Crippen LogP contribution < -0.4 is 14.8 Å². The average molecular weight is 715 g/mol. The second kappa shape index (κ2) is 13.8. The molecule has 2 aromatic heterocycles. The van der Waals surface area contributed by atoms with Crippen molar-refractivity contribution in [3.63, 3.8) is 0 Å². The average Bonchev–Trinajstić information content (AvgIpc) is 3.51. The molecule has 0 fully saturated rings. The lowest BCUT2D eigenvalue weighted by Gasteiger charge is -2.27. The molecule has 1 unspecified atom stereocenters. The molecule has 0 aliphatic heterocycles. The molecule has 9 nitrogen and oxygen atoms in total. The van der Waals surface area contributed by atoms with Crippen LogP contribution in [-0.4, -0.2) is 46.6 Å². The molecule has 0 aliphatic carbocycles. The van der Waals surface area contributed by atoms with Crippen molar-refractivity contribution < 1.29 is 22.3 Å². The van der Waals surface area contributed by atoms with Crippen molar-refractivity contribution in [1.82, 2.24) is 19.3 Å². The topological polar surface area (TPSA) is 107 Å². The van der Waals surface area contributed by atoms with E-state index in [9.17, 15) is 12.8 Å². The van der Waals surface area contributed by atoms with E-state index in [0.717, 1.165) is 22.2 Å². The van der Waals surface area contributed by atoms with Gasteiger partial charge in [-0.2, -0.15) is 4.31 Å². The first-order valence-electron chi connectivity index (χ1n) is 14.2. The van der Waals surface area contributed by atoms with Crippen LogP contribution in [0.5, 0.6) is 11.5 Å². The molecule has 5 rings (SSSR count). The van der Waals surface area contributed by atoms with Gasteiger partial charge in [-0.15, -0.1) is 11.3 Å². The van der Waals surface area contributed by atoms with E-state index in [1.54, 1.807) is 33.1 Å². The zero-order valence-electron chi connectivity index (χ0n) is 25.4. The third-order valence-electron chi connectivity index (χ3n) is 7.26. The molecule has 236 valence electrons. The summed E-state index contributed by atoms with van der Waals surface area (Å²) in [6.45, 7) is 7.63. The maximum Gasteiger partial charge on any atom is 0.217 e. The van der Waals surface area contributed by atoms with Crippen molar-refractivity contribution >= 4 is 59.7 Å². The monoisotopic (exact) mass is 713 g/mol. The normalized spacial score (nSPS) is 12.6. The Kier molecular flexibility index (Phi) is 10.0. The van der Waals surface area contributed by atoms with Crippen LogP contribution in [-0.2, 0) is 16.6 Å². The Morgan fingerprint density at radius 1 is 1.07 bits per heavy atom. The fraction of sp³-hybridized carbons (Fsp3) is 0.281. The van der Waals surface area contributed by atoms with Crippen molar-refractivity contribution in [1.29, 1.82) is 0 Å². The lowest BCUT2D eigenvalue weighted by molar-refractivity contribution is 0.303. The van der Waals surface area contributed by atoms with Gasteiger partial charge in [-0.05, 0) is 78.7 Å². The largest absolute Gasteiger partial charge is 0.496 e. The van der Waals surface area contributed by atoms with Crippen LogP contribution in [0.1, 0.15) is 44.3 Å². The molecule has 1 N–H and O–H groups in total. The number of halogens is 2. The lowest BCUT2D eigenvalue weighted by atomic mass is 10.1. The Labute approximate surface area is 274 Å². The number of rotatable bonds is 12. The van der Waals surface area contributed by atoms with E-state index < -0.39 is 21.3 Å². The summed E-state index contributed by atoms with van der Waals surface area (Å²) >= 11 is 4.98. The van der Waals surface area contributed by atoms with Gasteiger partial charge in [-0.3, -0.25) is 0 Å². The number of methoxy groups -OCH3 is 1. The number of fused-ring (bicyclic) bond motifs is 1. The van der Waals surface area contributed by atoms with Crippen molar-refractivity contribution in [2.45, 2.75) is 45.6 Å². The molecule has 0 spiro atoms. The molecule has 0 saturated heterocycles. The summed E-state index contributed by atoms with van der Waals surface area (Å²) in [5.74, 6) is 1.47. The fourth-order valence-corrected chi connectivity index (χ4v) is 7.73. The number of aromatic nitrogens is 3. The van der Waals surface area contributed by atoms with Crippen molar-refractivity contribution in [3.05, 3.63) is 87.2 Å². The first-order chi connectivity index (χ1) is 21.5. The summed E-state index contributed by atoms with van der Waals surface area (Å²) in [6.07, 6.45) is 1.48. The first kappa shape index (κ1) is 32.7. The van der Waals surface area contributed by atoms with Gasteiger partial charge in [0.15, 0.2) is 0 Å². The predicted molar refractivity (Wildman–Crippen MR) is 180 cm³/mol. The van der Waals surface area contributed by atoms with Gasteiger partial charge in [-0.25, -0.2) is 27.8 Å². The molecule has 0 saturated carbocycles. The molecule has 1 atom stereocenters. The van der Waals surface area contributed by atoms with Crippen LogP contribution >= 0.6 is 27.3 Å². The van der Waals surface area contributed by atoms with Gasteiger partial charge in [0.05, 0.1) is 34.1 Å². The lowest BCUT2D eigenvalue weighted by Crippen LogP contribution is -2.38. The highest BCUT2D eigenvalue weighted by Crippen LogP contribution is 2.39. The molecule has 0 radical (unpaired) electrons. The molecule has 45 heavy (non-hydrogen) atoms. The zero-order chi connectivity index (χ0) is 32.3. The quantitative estimate of drug-likeness (QED) is 0.138. The fourth-order valence-electron chi connectivity index (χ4n) is 4.84. The third-order valence-corrected chi connectivity index (χ3v) is 11.3. The summed E-state index contributed by atoms with van der Waals surface area (Å²) in [5, 5.41) is 6.17. The van der Waals surface area contributed by atoms with Crippen LogP contribution in [0.2, 0.25) is 0 Å². The van der Waals surface area contributed by atoms with Crippen molar-refractivity contribution in [3.8, 4) is 22.8 Å². The van der Waals surface area contributed by atoms with Gasteiger partial charge in [0.2, 0.25) is 10.0 Å². The number of anilines is 2. The number of thiazole rings is 1. The van der Waals surface area contributed by atoms with E-state index in [2.05, 4.69) is 31.2 Å². The molecular formula is C32H33BrFN5O4S2. The van der Waals surface area contributed by atoms with Crippen LogP contribution in [0, 0.1) is 5.82 Å². The second-order valence-electron chi connectivity index (χ2n) is 10.5. The SMILES string of the molecule is CCN(C(C)c1nc(-c2cc3c(Nc4ccc(OCc5cccc(F)c5)c(Br)c4)ncnc3cc2OC)cs1)S(=O)(=O)C(C)C. The minimum atomic E-state index is -3.47. The van der Waals surface area contributed by atoms with Crippen LogP contribution in [0.4, 0.5) is 15.9 Å². The Morgan fingerprint density at radius 3 is 2.56 bits per heavy atom. The summed E-state index contributed by atoms with van der Waals surface area (Å²) in [6, 6.07) is 15.2. The summed E-state index contributed by atoms with van der Waals surface area (Å²) in [5.41, 5.74) is 3.55. The molecular weight excluding hydrogens is 681 g/mol. The number of benzene rings is 3. The summed E-state index contributed by atoms with van der Waals surface area (Å²) in [7, 11) is -1.88. The molecule has 13 heteroatoms. The number of ether oxygens (including phenoxy) is 2. The Balaban J connectivity index is 1.42. The van der Waals surface area contributed by atoms with Crippen LogP contribution in [0.3, 0.4) is 0 Å². The predicted octanol–water partition coefficient (Wildman–Crippen LogP) is 8.11. The van der Waals surface area contributed by atoms with Crippen LogP contribution in [0.25, 0.3) is 22.2 Å². The van der Waals surface area contributed by atoms with Crippen molar-refractivity contribution in [2.75, 3.05) is 19.0 Å². The Hall–Kier alpha value is -3.65. The first-order valence-corrected chi connectivity index (χ1v) is 17.4. The molecule has 2 heterocycles. The van der Waals surface area contributed by atoms with Crippen LogP contribution in [0.15, 0.2) is 70.8 Å². The van der Waals surface area contributed by atoms with Gasteiger partial charge in [0.1, 0.15) is 41.1 Å². The summed E-state index contributed by atoms with van der Waals surface area (Å²) in [4.78, 5) is 13.8. The molecule has 0 aliphatic rings. The summed E-state index contributed by atoms with van der Waals surface area (Å²) < 4.78 is 53.3.